The summed E-state index contributed by atoms with van der Waals surface area (Å²) in [6.07, 6.45) is 0. The van der Waals surface area contributed by atoms with Crippen LogP contribution in [0.3, 0.4) is 0 Å². The van der Waals surface area contributed by atoms with Gasteiger partial charge in [-0.25, -0.2) is 4.98 Å². The van der Waals surface area contributed by atoms with Crippen molar-refractivity contribution in [1.29, 1.82) is 0 Å². The van der Waals surface area contributed by atoms with Crippen molar-refractivity contribution in [2.45, 2.75) is 20.1 Å². The third kappa shape index (κ3) is 4.41. The highest BCUT2D eigenvalue weighted by Gasteiger charge is 2.15. The minimum absolute atomic E-state index is 0.135. The smallest absolute Gasteiger partial charge is 0.244 e. The van der Waals surface area contributed by atoms with E-state index in [0.717, 1.165) is 28.0 Å². The van der Waals surface area contributed by atoms with E-state index in [1.54, 1.807) is 12.1 Å². The first-order chi connectivity index (χ1) is 14.1. The first-order valence-electron chi connectivity index (χ1n) is 9.28. The molecule has 0 bridgehead atoms. The topological polar surface area (TPSA) is 56.2 Å². The van der Waals surface area contributed by atoms with E-state index in [1.807, 2.05) is 72.2 Å². The Kier molecular flexibility index (Phi) is 5.49. The zero-order valence-corrected chi connectivity index (χ0v) is 16.7. The summed E-state index contributed by atoms with van der Waals surface area (Å²) < 4.78 is 7.75. The predicted octanol–water partition coefficient (Wildman–Crippen LogP) is 5.22. The summed E-state index contributed by atoms with van der Waals surface area (Å²) in [6, 6.07) is 22.7. The van der Waals surface area contributed by atoms with Crippen LogP contribution in [-0.4, -0.2) is 15.5 Å². The van der Waals surface area contributed by atoms with Gasteiger partial charge in [0.15, 0.2) is 0 Å². The third-order valence-electron chi connectivity index (χ3n) is 4.61. The number of imidazole rings is 1. The highest BCUT2D eigenvalue weighted by molar-refractivity contribution is 6.30. The van der Waals surface area contributed by atoms with Crippen LogP contribution < -0.4 is 10.1 Å². The minimum atomic E-state index is -0.139. The molecule has 0 saturated heterocycles. The molecule has 4 aromatic rings. The molecule has 4 rings (SSSR count). The summed E-state index contributed by atoms with van der Waals surface area (Å²) in [7, 11) is 0. The fourth-order valence-corrected chi connectivity index (χ4v) is 3.40. The van der Waals surface area contributed by atoms with Gasteiger partial charge in [-0.15, -0.1) is 0 Å². The molecule has 146 valence electrons. The van der Waals surface area contributed by atoms with Gasteiger partial charge in [0.2, 0.25) is 5.91 Å². The van der Waals surface area contributed by atoms with Crippen LogP contribution in [-0.2, 0) is 17.9 Å². The normalized spacial score (nSPS) is 10.8. The highest BCUT2D eigenvalue weighted by atomic mass is 35.5. The number of para-hydroxylation sites is 3. The number of nitrogens with one attached hydrogen (secondary N) is 1. The number of halogens is 1. The lowest BCUT2D eigenvalue weighted by atomic mass is 10.2. The van der Waals surface area contributed by atoms with Crippen LogP contribution in [0.1, 0.15) is 11.4 Å². The molecule has 5 nitrogen and oxygen atoms in total. The Balaban J connectivity index is 1.57. The van der Waals surface area contributed by atoms with E-state index in [0.29, 0.717) is 10.8 Å². The van der Waals surface area contributed by atoms with Crippen LogP contribution >= 0.6 is 11.6 Å². The largest absolute Gasteiger partial charge is 0.486 e. The maximum Gasteiger partial charge on any atom is 0.244 e. The summed E-state index contributed by atoms with van der Waals surface area (Å²) in [4.78, 5) is 17.4. The van der Waals surface area contributed by atoms with Crippen molar-refractivity contribution in [2.75, 3.05) is 5.32 Å². The standard InChI is InChI=1S/C23H20ClN3O2/c1-16-13-17(24)11-12-19(16)26-23(28)14-27-21-10-6-5-9-20(21)25-22(27)15-29-18-7-3-2-4-8-18/h2-13H,14-15H2,1H3,(H,26,28). The number of aryl methyl sites for hydroxylation is 1. The molecule has 6 heteroatoms. The third-order valence-corrected chi connectivity index (χ3v) is 4.84. The van der Waals surface area contributed by atoms with Crippen molar-refractivity contribution >= 4 is 34.2 Å². The number of hydrogen-bond donors (Lipinski definition) is 1. The van der Waals surface area contributed by atoms with E-state index >= 15 is 0 Å². The quantitative estimate of drug-likeness (QED) is 0.478. The number of rotatable bonds is 6. The number of amides is 1. The van der Waals surface area contributed by atoms with Gasteiger partial charge in [-0.1, -0.05) is 41.9 Å². The van der Waals surface area contributed by atoms with Gasteiger partial charge < -0.3 is 14.6 Å². The van der Waals surface area contributed by atoms with Gasteiger partial charge in [0, 0.05) is 10.7 Å². The molecular formula is C23H20ClN3O2. The molecular weight excluding hydrogens is 386 g/mol. The number of benzene rings is 3. The Hall–Kier alpha value is -3.31. The van der Waals surface area contributed by atoms with Crippen LogP contribution in [0, 0.1) is 6.92 Å². The molecule has 0 radical (unpaired) electrons. The van der Waals surface area contributed by atoms with Crippen molar-refractivity contribution in [3.8, 4) is 5.75 Å². The molecule has 0 aliphatic carbocycles. The lowest BCUT2D eigenvalue weighted by Gasteiger charge is -2.12. The van der Waals surface area contributed by atoms with Crippen molar-refractivity contribution in [2.24, 2.45) is 0 Å². The first-order valence-corrected chi connectivity index (χ1v) is 9.66. The molecule has 0 unspecified atom stereocenters. The molecule has 0 atom stereocenters. The van der Waals surface area contributed by atoms with E-state index in [4.69, 9.17) is 16.3 Å². The maximum atomic E-state index is 12.8. The van der Waals surface area contributed by atoms with E-state index in [-0.39, 0.29) is 19.1 Å². The van der Waals surface area contributed by atoms with Crippen molar-refractivity contribution in [1.82, 2.24) is 9.55 Å². The van der Waals surface area contributed by atoms with Gasteiger partial charge in [0.25, 0.3) is 0 Å². The molecule has 0 saturated carbocycles. The lowest BCUT2D eigenvalue weighted by molar-refractivity contribution is -0.116. The van der Waals surface area contributed by atoms with Gasteiger partial charge in [-0.05, 0) is 55.0 Å². The summed E-state index contributed by atoms with van der Waals surface area (Å²) in [5.74, 6) is 1.31. The molecule has 3 aromatic carbocycles. The lowest BCUT2D eigenvalue weighted by Crippen LogP contribution is -2.21. The molecule has 0 aliphatic rings. The Morgan fingerprint density at radius 2 is 1.83 bits per heavy atom. The summed E-state index contributed by atoms with van der Waals surface area (Å²) in [5.41, 5.74) is 3.37. The van der Waals surface area contributed by atoms with Gasteiger partial charge in [0.05, 0.1) is 11.0 Å². The van der Waals surface area contributed by atoms with E-state index in [2.05, 4.69) is 10.3 Å². The molecule has 1 amide bonds. The van der Waals surface area contributed by atoms with Crippen LogP contribution in [0.4, 0.5) is 5.69 Å². The van der Waals surface area contributed by atoms with Crippen LogP contribution in [0.15, 0.2) is 72.8 Å². The molecule has 1 aromatic heterocycles. The Morgan fingerprint density at radius 1 is 1.07 bits per heavy atom. The van der Waals surface area contributed by atoms with Gasteiger partial charge >= 0.3 is 0 Å². The second kappa shape index (κ2) is 8.37. The second-order valence-electron chi connectivity index (χ2n) is 6.71. The average molecular weight is 406 g/mol. The van der Waals surface area contributed by atoms with Gasteiger partial charge in [0.1, 0.15) is 24.7 Å². The highest BCUT2D eigenvalue weighted by Crippen LogP contribution is 2.21. The molecule has 0 aliphatic heterocycles. The fourth-order valence-electron chi connectivity index (χ4n) is 3.18. The Bertz CT molecular complexity index is 1160. The number of carbonyl (C=O) groups is 1. The van der Waals surface area contributed by atoms with Gasteiger partial charge in [-0.2, -0.15) is 0 Å². The minimum Gasteiger partial charge on any atom is -0.486 e. The summed E-state index contributed by atoms with van der Waals surface area (Å²) in [5, 5.41) is 3.59. The fraction of sp³-hybridized carbons (Fsp3) is 0.130. The number of ether oxygens (including phenoxy) is 1. The number of carbonyl (C=O) groups excluding carboxylic acids is 1. The zero-order chi connectivity index (χ0) is 20.2. The maximum absolute atomic E-state index is 12.8. The number of hydrogen-bond acceptors (Lipinski definition) is 3. The summed E-state index contributed by atoms with van der Waals surface area (Å²) in [6.45, 7) is 2.31. The van der Waals surface area contributed by atoms with Crippen molar-refractivity contribution in [3.05, 3.63) is 89.2 Å². The number of anilines is 1. The molecule has 1 N–H and O–H groups in total. The number of nitrogens with zero attached hydrogens (tertiary/aromatic N) is 2. The molecule has 0 spiro atoms. The van der Waals surface area contributed by atoms with Crippen molar-refractivity contribution < 1.29 is 9.53 Å². The molecule has 1 heterocycles. The second-order valence-corrected chi connectivity index (χ2v) is 7.15. The average Bonchev–Trinajstić information content (AvgIpc) is 3.07. The van der Waals surface area contributed by atoms with Crippen molar-refractivity contribution in [3.63, 3.8) is 0 Å². The SMILES string of the molecule is Cc1cc(Cl)ccc1NC(=O)Cn1c(COc2ccccc2)nc2ccccc21. The number of aromatic nitrogens is 2. The zero-order valence-electron chi connectivity index (χ0n) is 15.9. The van der Waals surface area contributed by atoms with Crippen LogP contribution in [0.2, 0.25) is 5.02 Å². The molecule has 29 heavy (non-hydrogen) atoms. The summed E-state index contributed by atoms with van der Waals surface area (Å²) >= 11 is 6.00. The Labute approximate surface area is 173 Å². The van der Waals surface area contributed by atoms with E-state index in [9.17, 15) is 4.79 Å². The monoisotopic (exact) mass is 405 g/mol. The predicted molar refractivity (Wildman–Crippen MR) is 115 cm³/mol. The van der Waals surface area contributed by atoms with Crippen LogP contribution in [0.5, 0.6) is 5.75 Å². The van der Waals surface area contributed by atoms with E-state index in [1.165, 1.54) is 0 Å². The van der Waals surface area contributed by atoms with Gasteiger partial charge in [-0.3, -0.25) is 4.79 Å². The number of fused-ring (bicyclic) bond motifs is 1. The van der Waals surface area contributed by atoms with Crippen LogP contribution in [0.25, 0.3) is 11.0 Å². The first kappa shape index (κ1) is 19.0. The van der Waals surface area contributed by atoms with E-state index < -0.39 is 0 Å². The Morgan fingerprint density at radius 3 is 2.62 bits per heavy atom. The molecule has 0 fully saturated rings.